The molecule has 2 aliphatic rings. The van der Waals surface area contributed by atoms with E-state index in [-0.39, 0.29) is 26.2 Å². The van der Waals surface area contributed by atoms with Crippen LogP contribution in [0.5, 0.6) is 0 Å². The molecule has 2 atom stereocenters. The predicted molar refractivity (Wildman–Crippen MR) is 209 cm³/mol. The van der Waals surface area contributed by atoms with Crippen LogP contribution in [0.4, 0.5) is 0 Å². The van der Waals surface area contributed by atoms with Crippen molar-refractivity contribution in [2.24, 2.45) is 0 Å². The molecule has 0 spiro atoms. The SMILES string of the molecule is CCCCCCc1ccc(-c2cccc3c2C=C(C)C3C[SiH]CC2C(C)=Cc3c(-c4ccc(CCCCCC)cc4)cccc32)cc1.[Zr]. The van der Waals surface area contributed by atoms with E-state index in [1.54, 1.807) is 22.3 Å². The van der Waals surface area contributed by atoms with Crippen molar-refractivity contribution in [2.45, 2.75) is 116 Å². The van der Waals surface area contributed by atoms with Gasteiger partial charge in [0.15, 0.2) is 0 Å². The molecule has 0 fully saturated rings. The van der Waals surface area contributed by atoms with Crippen LogP contribution in [0.25, 0.3) is 34.4 Å². The van der Waals surface area contributed by atoms with Gasteiger partial charge in [0, 0.05) is 47.6 Å². The summed E-state index contributed by atoms with van der Waals surface area (Å²) in [6.07, 6.45) is 18.0. The maximum absolute atomic E-state index is 2.49. The van der Waals surface area contributed by atoms with E-state index in [1.807, 2.05) is 0 Å². The van der Waals surface area contributed by atoms with Crippen molar-refractivity contribution in [3.63, 3.8) is 0 Å². The van der Waals surface area contributed by atoms with Crippen LogP contribution in [-0.4, -0.2) is 9.52 Å². The number of fused-ring (bicyclic) bond motifs is 2. The smallest absolute Gasteiger partial charge is 0.0299 e. The number of allylic oxidation sites excluding steroid dienone is 2. The number of benzene rings is 4. The van der Waals surface area contributed by atoms with Crippen molar-refractivity contribution in [3.8, 4) is 22.3 Å². The van der Waals surface area contributed by atoms with Crippen molar-refractivity contribution in [2.75, 3.05) is 0 Å². The molecule has 2 heteroatoms. The molecule has 0 N–H and O–H groups in total. The van der Waals surface area contributed by atoms with Gasteiger partial charge in [-0.15, -0.1) is 0 Å². The second kappa shape index (κ2) is 17.9. The molecule has 247 valence electrons. The van der Waals surface area contributed by atoms with Gasteiger partial charge in [-0.2, -0.15) is 0 Å². The molecule has 0 saturated heterocycles. The van der Waals surface area contributed by atoms with Crippen molar-refractivity contribution in [3.05, 3.63) is 129 Å². The van der Waals surface area contributed by atoms with Gasteiger partial charge < -0.3 is 0 Å². The molecule has 4 aromatic carbocycles. The molecule has 1 radical (unpaired) electrons. The average molecular weight is 727 g/mol. The molecule has 2 unspecified atom stereocenters. The van der Waals surface area contributed by atoms with Gasteiger partial charge in [-0.1, -0.05) is 173 Å². The Morgan fingerprint density at radius 2 is 0.917 bits per heavy atom. The van der Waals surface area contributed by atoms with Crippen LogP contribution in [0.2, 0.25) is 12.1 Å². The molecule has 6 rings (SSSR count). The molecule has 0 aliphatic heterocycles. The fraction of sp³-hybridized carbons (Fsp3) is 0.391. The van der Waals surface area contributed by atoms with Crippen LogP contribution in [0, 0.1) is 0 Å². The molecule has 0 amide bonds. The van der Waals surface area contributed by atoms with Gasteiger partial charge in [-0.3, -0.25) is 0 Å². The molecule has 2 aliphatic carbocycles. The third kappa shape index (κ3) is 8.60. The quantitative estimate of drug-likeness (QED) is 0.0796. The first kappa shape index (κ1) is 36.7. The van der Waals surface area contributed by atoms with Gasteiger partial charge in [0.25, 0.3) is 0 Å². The average Bonchev–Trinajstić information content (AvgIpc) is 3.60. The maximum Gasteiger partial charge on any atom is 0.0299 e. The van der Waals surface area contributed by atoms with E-state index in [9.17, 15) is 0 Å². The zero-order valence-corrected chi connectivity index (χ0v) is 33.6. The van der Waals surface area contributed by atoms with Gasteiger partial charge in [-0.05, 0) is 95.2 Å². The standard InChI is InChI=1S/C46H55Si.Zr/c1-5-7-9-11-15-35-21-25-37(26-22-35)39-17-13-19-41-43(39)29-33(3)45(41)31-47-32-46-34(4)30-44-40(18-14-20-42(44)46)38-27-23-36(24-28-38)16-12-10-8-6-2;/h13-14,17-30,45-47H,5-12,15-16,31-32H2,1-4H3;. The third-order valence-corrected chi connectivity index (χ3v) is 12.5. The van der Waals surface area contributed by atoms with E-state index in [2.05, 4.69) is 125 Å². The summed E-state index contributed by atoms with van der Waals surface area (Å²) in [5.74, 6) is 1.13. The molecule has 0 aromatic heterocycles. The fourth-order valence-electron chi connectivity index (χ4n) is 8.02. The largest absolute Gasteiger partial charge is 0.0655 e. The van der Waals surface area contributed by atoms with Crippen LogP contribution in [0.1, 0.15) is 124 Å². The number of hydrogen-bond acceptors (Lipinski definition) is 0. The van der Waals surface area contributed by atoms with Gasteiger partial charge in [0.2, 0.25) is 0 Å². The second-order valence-corrected chi connectivity index (χ2v) is 15.8. The first-order chi connectivity index (χ1) is 23.1. The molecular weight excluding hydrogens is 672 g/mol. The molecule has 0 saturated carbocycles. The molecular formula is C46H55SiZr. The summed E-state index contributed by atoms with van der Waals surface area (Å²) in [5.41, 5.74) is 17.6. The van der Waals surface area contributed by atoms with E-state index < -0.39 is 0 Å². The monoisotopic (exact) mass is 725 g/mol. The zero-order chi connectivity index (χ0) is 32.6. The summed E-state index contributed by atoms with van der Waals surface area (Å²) < 4.78 is 0. The molecule has 0 nitrogen and oxygen atoms in total. The predicted octanol–water partition coefficient (Wildman–Crippen LogP) is 13.2. The third-order valence-electron chi connectivity index (χ3n) is 10.8. The van der Waals surface area contributed by atoms with Crippen LogP contribution < -0.4 is 0 Å². The van der Waals surface area contributed by atoms with Gasteiger partial charge in [0.1, 0.15) is 0 Å². The summed E-state index contributed by atoms with van der Waals surface area (Å²) in [7, 11) is 0.339. The first-order valence-electron chi connectivity index (χ1n) is 18.7. The minimum Gasteiger partial charge on any atom is -0.0655 e. The Morgan fingerprint density at radius 1 is 0.500 bits per heavy atom. The number of aryl methyl sites for hydroxylation is 2. The summed E-state index contributed by atoms with van der Waals surface area (Å²) >= 11 is 0. The summed E-state index contributed by atoms with van der Waals surface area (Å²) in [4.78, 5) is 0. The Kier molecular flexibility index (Phi) is 13.7. The maximum atomic E-state index is 2.49. The number of unbranched alkanes of at least 4 members (excludes halogenated alkanes) is 6. The van der Waals surface area contributed by atoms with Gasteiger partial charge in [-0.25, -0.2) is 0 Å². The molecule has 48 heavy (non-hydrogen) atoms. The van der Waals surface area contributed by atoms with Crippen LogP contribution in [0.15, 0.2) is 96.1 Å². The number of rotatable bonds is 16. The molecule has 4 aromatic rings. The van der Waals surface area contributed by atoms with Crippen molar-refractivity contribution < 1.29 is 26.2 Å². The minimum atomic E-state index is 0. The van der Waals surface area contributed by atoms with Crippen LogP contribution in [0.3, 0.4) is 0 Å². The van der Waals surface area contributed by atoms with E-state index in [0.29, 0.717) is 21.4 Å². The Bertz CT molecular complexity index is 1560. The van der Waals surface area contributed by atoms with Crippen molar-refractivity contribution in [1.29, 1.82) is 0 Å². The van der Waals surface area contributed by atoms with Crippen molar-refractivity contribution in [1.82, 2.24) is 0 Å². The zero-order valence-electron chi connectivity index (χ0n) is 30.0. The topological polar surface area (TPSA) is 0 Å². The second-order valence-electron chi connectivity index (χ2n) is 14.3. The minimum absolute atomic E-state index is 0. The molecule has 0 heterocycles. The first-order valence-corrected chi connectivity index (χ1v) is 20.3. The van der Waals surface area contributed by atoms with Crippen LogP contribution in [-0.2, 0) is 39.0 Å². The Labute approximate surface area is 313 Å². The number of hydrogen-bond donors (Lipinski definition) is 0. The fourth-order valence-corrected chi connectivity index (χ4v) is 10.1. The van der Waals surface area contributed by atoms with Gasteiger partial charge >= 0.3 is 0 Å². The van der Waals surface area contributed by atoms with E-state index in [1.165, 1.54) is 121 Å². The summed E-state index contributed by atoms with van der Waals surface area (Å²) in [6.45, 7) is 9.30. The summed E-state index contributed by atoms with van der Waals surface area (Å²) in [6, 6.07) is 35.5. The Morgan fingerprint density at radius 3 is 1.31 bits per heavy atom. The van der Waals surface area contributed by atoms with Crippen LogP contribution >= 0.6 is 0 Å². The normalized spacial score (nSPS) is 16.2. The Balaban J connectivity index is 0.00000451. The Hall–Kier alpha value is -2.54. The summed E-state index contributed by atoms with van der Waals surface area (Å²) in [5, 5.41) is 0. The van der Waals surface area contributed by atoms with E-state index >= 15 is 0 Å². The molecule has 0 bridgehead atoms. The van der Waals surface area contributed by atoms with Crippen molar-refractivity contribution >= 4 is 21.7 Å². The van der Waals surface area contributed by atoms with Gasteiger partial charge in [0.05, 0.1) is 0 Å². The van der Waals surface area contributed by atoms with E-state index in [4.69, 9.17) is 0 Å². The van der Waals surface area contributed by atoms with E-state index in [0.717, 1.165) is 0 Å².